The lowest BCUT2D eigenvalue weighted by Crippen LogP contribution is -2.49. The molecule has 4 N–H and O–H groups in total. The summed E-state index contributed by atoms with van der Waals surface area (Å²) in [6.45, 7) is 2.86. The van der Waals surface area contributed by atoms with Gasteiger partial charge in [-0.3, -0.25) is 9.59 Å². The molecule has 0 bridgehead atoms. The number of aromatic nitrogens is 2. The maximum absolute atomic E-state index is 13.6. The Morgan fingerprint density at radius 1 is 0.971 bits per heavy atom. The van der Waals surface area contributed by atoms with E-state index in [1.54, 1.807) is 23.1 Å². The predicted molar refractivity (Wildman–Crippen MR) is 134 cm³/mol. The van der Waals surface area contributed by atoms with Gasteiger partial charge >= 0.3 is 5.56 Å². The number of fused-ring (bicyclic) bond motifs is 1. The van der Waals surface area contributed by atoms with Gasteiger partial charge in [0, 0.05) is 25.1 Å². The Labute approximate surface area is 198 Å². The van der Waals surface area contributed by atoms with Gasteiger partial charge in [0.15, 0.2) is 0 Å². The number of nitrogens with two attached hydrogens (primary N) is 1. The summed E-state index contributed by atoms with van der Waals surface area (Å²) in [7, 11) is 0. The van der Waals surface area contributed by atoms with Crippen LogP contribution in [0, 0.1) is 5.41 Å². The highest BCUT2D eigenvalue weighted by atomic mass is 16.2. The zero-order chi connectivity index (χ0) is 24.1. The van der Waals surface area contributed by atoms with Crippen LogP contribution in [0.15, 0.2) is 83.7 Å². The molecule has 0 spiro atoms. The first-order valence-corrected chi connectivity index (χ1v) is 11.3. The largest absolute Gasteiger partial charge is 0.330 e. The van der Waals surface area contributed by atoms with Crippen LogP contribution in [0.25, 0.3) is 11.0 Å². The fourth-order valence-electron chi connectivity index (χ4n) is 4.01. The first-order chi connectivity index (χ1) is 16.5. The molecular formula is C27H28N5O2+. The zero-order valence-corrected chi connectivity index (χ0v) is 19.1. The van der Waals surface area contributed by atoms with Crippen LogP contribution in [0.4, 0.5) is 5.82 Å². The number of hydrogen-bond acceptors (Lipinski definition) is 4. The van der Waals surface area contributed by atoms with Gasteiger partial charge in [-0.05, 0) is 35.7 Å². The van der Waals surface area contributed by atoms with Gasteiger partial charge in [-0.25, -0.2) is 0 Å². The second-order valence-electron chi connectivity index (χ2n) is 8.24. The van der Waals surface area contributed by atoms with E-state index in [2.05, 4.69) is 4.98 Å². The minimum Gasteiger partial charge on any atom is -0.330 e. The van der Waals surface area contributed by atoms with E-state index in [0.717, 1.165) is 17.5 Å². The van der Waals surface area contributed by atoms with E-state index in [4.69, 9.17) is 11.1 Å². The molecule has 1 heterocycles. The molecule has 0 aliphatic carbocycles. The van der Waals surface area contributed by atoms with E-state index in [-0.39, 0.29) is 17.6 Å². The Balaban J connectivity index is 1.74. The standard InChI is InChI=1S/C27H27N5O2/c1-2-9-24(28)32-23-15-14-21(16-22(23)30-26(33)25(32)29)27(34)31(17-19-10-5-3-6-11-19)18-20-12-7-4-8-13-20/h3-8,10-16,28-29H,2,9,17-18H2,1H3,(H,30,33)/p+1. The van der Waals surface area contributed by atoms with Crippen LogP contribution in [0.5, 0.6) is 0 Å². The third-order valence-electron chi connectivity index (χ3n) is 5.68. The van der Waals surface area contributed by atoms with Gasteiger partial charge in [-0.2, -0.15) is 9.98 Å². The van der Waals surface area contributed by atoms with Crippen molar-refractivity contribution in [2.24, 2.45) is 0 Å². The summed E-state index contributed by atoms with van der Waals surface area (Å²) in [5.74, 6) is 0.0484. The minimum absolute atomic E-state index is 0.0418. The average molecular weight is 455 g/mol. The first kappa shape index (κ1) is 22.9. The molecule has 7 heteroatoms. The fraction of sp³-hybridized carbons (Fsp3) is 0.185. The number of aromatic amines is 1. The lowest BCUT2D eigenvalue weighted by Gasteiger charge is -2.23. The van der Waals surface area contributed by atoms with Gasteiger partial charge < -0.3 is 15.6 Å². The van der Waals surface area contributed by atoms with Gasteiger partial charge in [0.25, 0.3) is 11.7 Å². The highest BCUT2D eigenvalue weighted by molar-refractivity contribution is 5.97. The zero-order valence-electron chi connectivity index (χ0n) is 19.1. The molecule has 4 aromatic rings. The number of H-pyrrole nitrogens is 1. The number of rotatable bonds is 7. The molecule has 0 unspecified atom stereocenters. The molecule has 3 aromatic carbocycles. The van der Waals surface area contributed by atoms with Crippen LogP contribution in [-0.4, -0.2) is 21.6 Å². The first-order valence-electron chi connectivity index (χ1n) is 11.3. The molecule has 172 valence electrons. The van der Waals surface area contributed by atoms with Crippen LogP contribution in [0.1, 0.15) is 41.3 Å². The second-order valence-corrected chi connectivity index (χ2v) is 8.24. The summed E-state index contributed by atoms with van der Waals surface area (Å²) in [5, 5.41) is 8.36. The summed E-state index contributed by atoms with van der Waals surface area (Å²) >= 11 is 0. The Morgan fingerprint density at radius 2 is 1.56 bits per heavy atom. The normalized spacial score (nSPS) is 10.9. The SMILES string of the molecule is CCCC(=N)[n+]1c(N)c(=O)[nH]c2cc(C(=O)N(Cc3ccccc3)Cc3ccccc3)ccc21. The number of carbonyl (C=O) groups is 1. The van der Waals surface area contributed by atoms with Gasteiger partial charge in [-0.1, -0.05) is 67.6 Å². The van der Waals surface area contributed by atoms with Crippen molar-refractivity contribution >= 4 is 28.6 Å². The predicted octanol–water partition coefficient (Wildman–Crippen LogP) is 3.87. The lowest BCUT2D eigenvalue weighted by atomic mass is 10.1. The van der Waals surface area contributed by atoms with E-state index in [1.165, 1.54) is 4.57 Å². The Kier molecular flexibility index (Phi) is 6.82. The molecule has 0 atom stereocenters. The molecule has 0 aliphatic heterocycles. The number of anilines is 1. The topological polar surface area (TPSA) is 107 Å². The number of carbonyl (C=O) groups excluding carboxylic acids is 1. The van der Waals surface area contributed by atoms with Gasteiger partial charge in [0.2, 0.25) is 5.84 Å². The van der Waals surface area contributed by atoms with E-state index in [9.17, 15) is 9.59 Å². The number of nitrogens with one attached hydrogen (secondary N) is 2. The van der Waals surface area contributed by atoms with E-state index < -0.39 is 5.56 Å². The molecule has 4 rings (SSSR count). The van der Waals surface area contributed by atoms with Crippen molar-refractivity contribution < 1.29 is 9.36 Å². The minimum atomic E-state index is -0.483. The third kappa shape index (κ3) is 4.88. The molecule has 1 amide bonds. The van der Waals surface area contributed by atoms with E-state index >= 15 is 0 Å². The van der Waals surface area contributed by atoms with Crippen LogP contribution in [-0.2, 0) is 13.1 Å². The van der Waals surface area contributed by atoms with Crippen molar-refractivity contribution in [1.82, 2.24) is 9.88 Å². The van der Waals surface area contributed by atoms with E-state index in [1.807, 2.05) is 67.6 Å². The van der Waals surface area contributed by atoms with Crippen LogP contribution >= 0.6 is 0 Å². The van der Waals surface area contributed by atoms with Crippen molar-refractivity contribution in [2.45, 2.75) is 32.9 Å². The molecular weight excluding hydrogens is 426 g/mol. The molecule has 0 saturated heterocycles. The Hall–Kier alpha value is -4.26. The Morgan fingerprint density at radius 3 is 2.12 bits per heavy atom. The molecule has 34 heavy (non-hydrogen) atoms. The summed E-state index contributed by atoms with van der Waals surface area (Å²) in [4.78, 5) is 30.6. The number of nitrogen functional groups attached to an aromatic ring is 1. The number of benzene rings is 3. The molecule has 0 fully saturated rings. The van der Waals surface area contributed by atoms with Crippen molar-refractivity contribution in [3.05, 3.63) is 106 Å². The smallest absolute Gasteiger partial charge is 0.321 e. The van der Waals surface area contributed by atoms with Crippen molar-refractivity contribution in [3.63, 3.8) is 0 Å². The highest BCUT2D eigenvalue weighted by Crippen LogP contribution is 2.17. The Bertz CT molecular complexity index is 1340. The molecule has 0 aliphatic rings. The maximum atomic E-state index is 13.6. The fourth-order valence-corrected chi connectivity index (χ4v) is 4.01. The van der Waals surface area contributed by atoms with Gasteiger partial charge in [-0.15, -0.1) is 0 Å². The lowest BCUT2D eigenvalue weighted by molar-refractivity contribution is -0.514. The average Bonchev–Trinajstić information content (AvgIpc) is 2.85. The van der Waals surface area contributed by atoms with Gasteiger partial charge in [0.1, 0.15) is 5.52 Å². The molecule has 7 nitrogen and oxygen atoms in total. The summed E-state index contributed by atoms with van der Waals surface area (Å²) in [5.41, 5.74) is 9.08. The molecule has 1 aromatic heterocycles. The van der Waals surface area contributed by atoms with Crippen molar-refractivity contribution in [3.8, 4) is 0 Å². The van der Waals surface area contributed by atoms with Crippen LogP contribution < -0.4 is 15.9 Å². The molecule has 0 radical (unpaired) electrons. The van der Waals surface area contributed by atoms with E-state index in [0.29, 0.717) is 36.1 Å². The summed E-state index contributed by atoms with van der Waals surface area (Å²) in [6, 6.07) is 24.8. The summed E-state index contributed by atoms with van der Waals surface area (Å²) in [6.07, 6.45) is 1.24. The van der Waals surface area contributed by atoms with Gasteiger partial charge in [0.05, 0.1) is 5.52 Å². The highest BCUT2D eigenvalue weighted by Gasteiger charge is 2.21. The number of amides is 1. The van der Waals surface area contributed by atoms with Crippen LogP contribution in [0.2, 0.25) is 0 Å². The number of hydrogen-bond donors (Lipinski definition) is 3. The summed E-state index contributed by atoms with van der Waals surface area (Å²) < 4.78 is 1.46. The molecule has 0 saturated carbocycles. The monoisotopic (exact) mass is 454 g/mol. The number of nitrogens with zero attached hydrogens (tertiary/aromatic N) is 2. The maximum Gasteiger partial charge on any atom is 0.321 e. The van der Waals surface area contributed by atoms with Crippen molar-refractivity contribution in [1.29, 1.82) is 5.41 Å². The quantitative estimate of drug-likeness (QED) is 0.224. The third-order valence-corrected chi connectivity index (χ3v) is 5.68. The second kappa shape index (κ2) is 10.1. The van der Waals surface area contributed by atoms with Crippen molar-refractivity contribution in [2.75, 3.05) is 5.73 Å². The van der Waals surface area contributed by atoms with Crippen LogP contribution in [0.3, 0.4) is 0 Å².